The Labute approximate surface area is 229 Å². The summed E-state index contributed by atoms with van der Waals surface area (Å²) >= 11 is 0. The van der Waals surface area contributed by atoms with Gasteiger partial charge in [0.2, 0.25) is 0 Å². The van der Waals surface area contributed by atoms with Crippen molar-refractivity contribution in [2.75, 3.05) is 7.11 Å². The van der Waals surface area contributed by atoms with Crippen LogP contribution in [0.3, 0.4) is 0 Å². The van der Waals surface area contributed by atoms with Gasteiger partial charge in [0.1, 0.15) is 5.75 Å². The second-order valence-electron chi connectivity index (χ2n) is 10.5. The Hall–Kier alpha value is -4.19. The normalized spacial score (nSPS) is 12.7. The molecule has 2 aromatic heterocycles. The Bertz CT molecular complexity index is 1770. The van der Waals surface area contributed by atoms with Crippen LogP contribution in [0, 0.1) is 13.8 Å². The van der Waals surface area contributed by atoms with Crippen LogP contribution in [0.5, 0.6) is 5.75 Å². The summed E-state index contributed by atoms with van der Waals surface area (Å²) in [7, 11) is 1.69. The molecule has 0 spiro atoms. The minimum atomic E-state index is -0.198. The monoisotopic (exact) mass is 520 g/mol. The van der Waals surface area contributed by atoms with Crippen molar-refractivity contribution < 1.29 is 4.74 Å². The molecule has 5 rings (SSSR count). The topological polar surface area (TPSA) is 61.4 Å². The number of hydrogen-bond acceptors (Lipinski definition) is 4. The Balaban J connectivity index is 1.78. The summed E-state index contributed by atoms with van der Waals surface area (Å²) in [6.45, 7) is 12.8. The second-order valence-corrected chi connectivity index (χ2v) is 10.5. The van der Waals surface area contributed by atoms with Crippen molar-refractivity contribution in [3.63, 3.8) is 0 Å². The van der Waals surface area contributed by atoms with Gasteiger partial charge in [-0.25, -0.2) is 4.98 Å². The van der Waals surface area contributed by atoms with E-state index in [1.54, 1.807) is 13.2 Å². The Morgan fingerprint density at radius 1 is 1.00 bits per heavy atom. The highest BCUT2D eigenvalue weighted by molar-refractivity contribution is 6.01. The van der Waals surface area contributed by atoms with Crippen LogP contribution in [0.25, 0.3) is 33.2 Å². The van der Waals surface area contributed by atoms with E-state index >= 15 is 0 Å². The lowest BCUT2D eigenvalue weighted by Crippen LogP contribution is -2.21. The number of aryl methyl sites for hydroxylation is 1. The van der Waals surface area contributed by atoms with Crippen molar-refractivity contribution in [2.45, 2.75) is 59.9 Å². The van der Waals surface area contributed by atoms with Gasteiger partial charge in [0, 0.05) is 33.8 Å². The second kappa shape index (κ2) is 10.5. The number of fused-ring (bicyclic) bond motifs is 2. The van der Waals surface area contributed by atoms with E-state index in [4.69, 9.17) is 14.8 Å². The van der Waals surface area contributed by atoms with Crippen LogP contribution in [-0.2, 0) is 0 Å². The highest BCUT2D eigenvalue weighted by Crippen LogP contribution is 2.34. The molecule has 0 aliphatic carbocycles. The molecule has 200 valence electrons. The van der Waals surface area contributed by atoms with E-state index in [1.807, 2.05) is 43.5 Å². The molecular weight excluding hydrogens is 484 g/mol. The zero-order valence-corrected chi connectivity index (χ0v) is 23.8. The zero-order valence-electron chi connectivity index (χ0n) is 23.8. The van der Waals surface area contributed by atoms with Crippen LogP contribution in [0.15, 0.2) is 70.6 Å². The molecule has 2 heterocycles. The van der Waals surface area contributed by atoms with Crippen molar-refractivity contribution in [1.82, 2.24) is 14.2 Å². The molecule has 6 heteroatoms. The van der Waals surface area contributed by atoms with E-state index in [2.05, 4.69) is 63.5 Å². The molecule has 39 heavy (non-hydrogen) atoms. The quantitative estimate of drug-likeness (QED) is 0.207. The van der Waals surface area contributed by atoms with E-state index in [-0.39, 0.29) is 11.5 Å². The smallest absolute Gasteiger partial charge is 0.282 e. The predicted octanol–water partition coefficient (Wildman–Crippen LogP) is 7.62. The van der Waals surface area contributed by atoms with E-state index in [0.29, 0.717) is 22.8 Å². The summed E-state index contributed by atoms with van der Waals surface area (Å²) in [5, 5.41) is 6.49. The molecule has 1 atom stereocenters. The first-order valence-corrected chi connectivity index (χ1v) is 13.6. The summed E-state index contributed by atoms with van der Waals surface area (Å²) in [6, 6.07) is 20.3. The minimum absolute atomic E-state index is 0.198. The first kappa shape index (κ1) is 26.4. The lowest BCUT2D eigenvalue weighted by Gasteiger charge is -2.17. The van der Waals surface area contributed by atoms with Crippen LogP contribution in [0.4, 0.5) is 0 Å². The van der Waals surface area contributed by atoms with E-state index in [0.717, 1.165) is 45.5 Å². The lowest BCUT2D eigenvalue weighted by atomic mass is 9.96. The van der Waals surface area contributed by atoms with Gasteiger partial charge in [0.25, 0.3) is 5.56 Å². The molecule has 0 aliphatic heterocycles. The van der Waals surface area contributed by atoms with Crippen LogP contribution in [0.2, 0.25) is 0 Å². The molecular formula is C33H36N4O2. The van der Waals surface area contributed by atoms with E-state index < -0.39 is 0 Å². The molecule has 5 aromatic rings. The Morgan fingerprint density at radius 2 is 1.69 bits per heavy atom. The maximum Gasteiger partial charge on any atom is 0.282 e. The number of rotatable bonds is 7. The van der Waals surface area contributed by atoms with Crippen LogP contribution in [0.1, 0.15) is 68.5 Å². The maximum atomic E-state index is 13.9. The molecule has 0 radical (unpaired) electrons. The molecule has 0 fully saturated rings. The van der Waals surface area contributed by atoms with Gasteiger partial charge in [-0.15, -0.1) is 0 Å². The zero-order chi connectivity index (χ0) is 27.8. The van der Waals surface area contributed by atoms with Gasteiger partial charge in [0.15, 0.2) is 5.82 Å². The van der Waals surface area contributed by atoms with Crippen LogP contribution >= 0.6 is 0 Å². The third kappa shape index (κ3) is 4.54. The fraction of sp³-hybridized carbons (Fsp3) is 0.303. The Morgan fingerprint density at radius 3 is 2.38 bits per heavy atom. The fourth-order valence-corrected chi connectivity index (χ4v) is 5.42. The summed E-state index contributed by atoms with van der Waals surface area (Å²) in [6.07, 6.45) is 2.84. The van der Waals surface area contributed by atoms with Crippen molar-refractivity contribution >= 4 is 28.0 Å². The summed E-state index contributed by atoms with van der Waals surface area (Å²) < 4.78 is 9.49. The molecule has 6 nitrogen and oxygen atoms in total. The minimum Gasteiger partial charge on any atom is -0.496 e. The number of ether oxygens (including phenoxy) is 1. The average molecular weight is 521 g/mol. The molecule has 0 N–H and O–H groups in total. The number of para-hydroxylation sites is 2. The number of hydrogen-bond donors (Lipinski definition) is 0. The van der Waals surface area contributed by atoms with Crippen molar-refractivity contribution in [2.24, 2.45) is 5.10 Å². The van der Waals surface area contributed by atoms with Crippen molar-refractivity contribution in [1.29, 1.82) is 0 Å². The molecule has 3 aromatic carbocycles. The first-order chi connectivity index (χ1) is 18.8. The largest absolute Gasteiger partial charge is 0.496 e. The third-order valence-corrected chi connectivity index (χ3v) is 7.73. The highest BCUT2D eigenvalue weighted by atomic mass is 16.5. The molecule has 0 saturated heterocycles. The van der Waals surface area contributed by atoms with Crippen LogP contribution < -0.4 is 10.3 Å². The lowest BCUT2D eigenvalue weighted by molar-refractivity contribution is 0.407. The standard InChI is InChI=1S/C33H36N4O2/c1-8-22(5)36-23(6)28(24-13-10-12-16-30(24)36)19-34-37-32(35-29-15-11-9-14-25(29)33(37)38)27-18-26(20(2)3)31(39-7)17-21(27)4/h9-20,22H,8H2,1-7H3/t22-/m0/s1. The molecule has 0 unspecified atom stereocenters. The number of benzene rings is 3. The summed E-state index contributed by atoms with van der Waals surface area (Å²) in [5.74, 6) is 1.58. The molecule has 0 aliphatic rings. The SMILES string of the molecule is CC[C@H](C)n1c(C)c(C=Nn2c(-c3cc(C(C)C)c(OC)cc3C)nc3ccccc3c2=O)c2ccccc21. The molecule has 0 bridgehead atoms. The molecule has 0 saturated carbocycles. The van der Waals surface area contributed by atoms with Gasteiger partial charge in [-0.2, -0.15) is 9.78 Å². The van der Waals surface area contributed by atoms with Gasteiger partial charge in [0.05, 0.1) is 24.2 Å². The molecule has 0 amide bonds. The fourth-order valence-electron chi connectivity index (χ4n) is 5.42. The maximum absolute atomic E-state index is 13.9. The van der Waals surface area contributed by atoms with Crippen molar-refractivity contribution in [3.8, 4) is 17.1 Å². The van der Waals surface area contributed by atoms with Gasteiger partial charge in [-0.05, 0) is 74.6 Å². The van der Waals surface area contributed by atoms with Gasteiger partial charge in [-0.1, -0.05) is 51.1 Å². The van der Waals surface area contributed by atoms with Gasteiger partial charge >= 0.3 is 0 Å². The third-order valence-electron chi connectivity index (χ3n) is 7.73. The number of aromatic nitrogens is 3. The average Bonchev–Trinajstić information content (AvgIpc) is 3.22. The van der Waals surface area contributed by atoms with E-state index in [1.165, 1.54) is 10.2 Å². The van der Waals surface area contributed by atoms with Crippen molar-refractivity contribution in [3.05, 3.63) is 93.4 Å². The highest BCUT2D eigenvalue weighted by Gasteiger charge is 2.19. The van der Waals surface area contributed by atoms with Gasteiger partial charge < -0.3 is 9.30 Å². The first-order valence-electron chi connectivity index (χ1n) is 13.6. The Kier molecular flexibility index (Phi) is 7.13. The summed E-state index contributed by atoms with van der Waals surface area (Å²) in [5.41, 5.74) is 6.63. The van der Waals surface area contributed by atoms with E-state index in [9.17, 15) is 4.79 Å². The summed E-state index contributed by atoms with van der Waals surface area (Å²) in [4.78, 5) is 18.9. The van der Waals surface area contributed by atoms with Crippen LogP contribution in [-0.4, -0.2) is 27.6 Å². The number of methoxy groups -OCH3 is 1. The van der Waals surface area contributed by atoms with Gasteiger partial charge in [-0.3, -0.25) is 4.79 Å². The number of nitrogens with zero attached hydrogens (tertiary/aromatic N) is 4. The predicted molar refractivity (Wildman–Crippen MR) is 161 cm³/mol.